The molecule has 3 nitrogen and oxygen atoms in total. The van der Waals surface area contributed by atoms with E-state index < -0.39 is 5.97 Å². The molecule has 1 aliphatic rings. The summed E-state index contributed by atoms with van der Waals surface area (Å²) in [6.45, 7) is 0. The van der Waals surface area contributed by atoms with Gasteiger partial charge in [-0.3, -0.25) is 4.79 Å². The predicted octanol–water partition coefficient (Wildman–Crippen LogP) is 3.97. The Morgan fingerprint density at radius 3 is 2.57 bits per heavy atom. The Bertz CT molecular complexity index is 458. The zero-order valence-electron chi connectivity index (χ0n) is 14.0. The van der Waals surface area contributed by atoms with Crippen LogP contribution in [0, 0.1) is 5.92 Å². The normalized spacial score (nSPS) is 22.7. The first-order chi connectivity index (χ1) is 11.2. The van der Waals surface area contributed by atoms with Gasteiger partial charge < -0.3 is 10.4 Å². The highest BCUT2D eigenvalue weighted by Crippen LogP contribution is 2.27. The van der Waals surface area contributed by atoms with E-state index in [-0.39, 0.29) is 12.5 Å². The van der Waals surface area contributed by atoms with Crippen LogP contribution in [0.3, 0.4) is 0 Å². The molecular weight excluding hydrogens is 306 g/mol. The molecule has 0 saturated heterocycles. The fourth-order valence-electron chi connectivity index (χ4n) is 3.51. The summed E-state index contributed by atoms with van der Waals surface area (Å²) < 4.78 is 0. The molecule has 2 rings (SSSR count). The van der Waals surface area contributed by atoms with Crippen LogP contribution >= 0.6 is 11.8 Å². The van der Waals surface area contributed by atoms with Crippen LogP contribution in [-0.4, -0.2) is 35.2 Å². The Morgan fingerprint density at radius 2 is 1.96 bits per heavy atom. The van der Waals surface area contributed by atoms with Gasteiger partial charge >= 0.3 is 5.97 Å². The maximum Gasteiger partial charge on any atom is 0.303 e. The summed E-state index contributed by atoms with van der Waals surface area (Å²) in [5, 5.41) is 12.8. The Kier molecular flexibility index (Phi) is 7.96. The fraction of sp³-hybridized carbons (Fsp3) is 0.632. The van der Waals surface area contributed by atoms with Gasteiger partial charge in [0, 0.05) is 18.5 Å². The standard InChI is InChI=1S/C19H29NO2S/c1-23-14-16-7-9-17(10-8-16)20-18(11-12-19(21)22)13-15-5-3-2-4-6-15/h2-6,16-18,20H,7-14H2,1H3,(H,21,22). The highest BCUT2D eigenvalue weighted by Gasteiger charge is 2.23. The largest absolute Gasteiger partial charge is 0.481 e. The molecule has 1 unspecified atom stereocenters. The third-order valence-corrected chi connectivity index (χ3v) is 5.56. The van der Waals surface area contributed by atoms with E-state index >= 15 is 0 Å². The molecule has 1 fully saturated rings. The molecule has 0 aliphatic heterocycles. The fourth-order valence-corrected chi connectivity index (χ4v) is 4.31. The Labute approximate surface area is 144 Å². The molecule has 128 valence electrons. The number of thioether (sulfide) groups is 1. The molecule has 2 N–H and O–H groups in total. The summed E-state index contributed by atoms with van der Waals surface area (Å²) >= 11 is 1.95. The maximum atomic E-state index is 10.9. The lowest BCUT2D eigenvalue weighted by molar-refractivity contribution is -0.137. The Hall–Kier alpha value is -1.00. The second-order valence-corrected chi connectivity index (χ2v) is 7.57. The van der Waals surface area contributed by atoms with Crippen molar-refractivity contribution in [3.05, 3.63) is 35.9 Å². The van der Waals surface area contributed by atoms with Crippen molar-refractivity contribution < 1.29 is 9.90 Å². The minimum absolute atomic E-state index is 0.242. The van der Waals surface area contributed by atoms with Crippen molar-refractivity contribution in [1.29, 1.82) is 0 Å². The smallest absolute Gasteiger partial charge is 0.303 e. The van der Waals surface area contributed by atoms with Crippen molar-refractivity contribution in [2.75, 3.05) is 12.0 Å². The topological polar surface area (TPSA) is 49.3 Å². The van der Waals surface area contributed by atoms with Gasteiger partial charge in [0.25, 0.3) is 0 Å². The molecule has 1 saturated carbocycles. The number of aliphatic carboxylic acids is 1. The van der Waals surface area contributed by atoms with Crippen LogP contribution in [0.2, 0.25) is 0 Å². The maximum absolute atomic E-state index is 10.9. The number of hydrogen-bond acceptors (Lipinski definition) is 3. The summed E-state index contributed by atoms with van der Waals surface area (Å²) in [6.07, 6.45) is 9.10. The summed E-state index contributed by atoms with van der Waals surface area (Å²) in [5.74, 6) is 1.45. The SMILES string of the molecule is CSCC1CCC(NC(CCC(=O)O)Cc2ccccc2)CC1. The monoisotopic (exact) mass is 335 g/mol. The van der Waals surface area contributed by atoms with E-state index in [1.165, 1.54) is 37.0 Å². The third-order valence-electron chi connectivity index (χ3n) is 4.75. The van der Waals surface area contributed by atoms with E-state index in [4.69, 9.17) is 5.11 Å². The molecule has 0 radical (unpaired) electrons. The lowest BCUT2D eigenvalue weighted by atomic mass is 9.86. The van der Waals surface area contributed by atoms with Crippen molar-refractivity contribution in [3.8, 4) is 0 Å². The number of hydrogen-bond donors (Lipinski definition) is 2. The first-order valence-electron chi connectivity index (χ1n) is 8.68. The number of nitrogens with one attached hydrogen (secondary N) is 1. The summed E-state index contributed by atoms with van der Waals surface area (Å²) in [6, 6.07) is 11.2. The van der Waals surface area contributed by atoms with Crippen LogP contribution in [0.15, 0.2) is 30.3 Å². The summed E-state index contributed by atoms with van der Waals surface area (Å²) in [4.78, 5) is 10.9. The Balaban J connectivity index is 1.85. The van der Waals surface area contributed by atoms with Crippen LogP contribution in [0.4, 0.5) is 0 Å². The van der Waals surface area contributed by atoms with Crippen LogP contribution < -0.4 is 5.32 Å². The number of carboxylic acid groups (broad SMARTS) is 1. The van der Waals surface area contributed by atoms with Gasteiger partial charge in [-0.2, -0.15) is 11.8 Å². The molecule has 1 atom stereocenters. The van der Waals surface area contributed by atoms with Crippen molar-refractivity contribution in [2.24, 2.45) is 5.92 Å². The van der Waals surface area contributed by atoms with Crippen LogP contribution in [0.5, 0.6) is 0 Å². The molecule has 1 aromatic rings. The van der Waals surface area contributed by atoms with Gasteiger partial charge in [0.2, 0.25) is 0 Å². The zero-order chi connectivity index (χ0) is 16.5. The first kappa shape index (κ1) is 18.3. The molecule has 0 aromatic heterocycles. The average molecular weight is 336 g/mol. The van der Waals surface area contributed by atoms with Crippen molar-refractivity contribution in [2.45, 2.75) is 57.0 Å². The molecule has 4 heteroatoms. The van der Waals surface area contributed by atoms with Gasteiger partial charge in [0.05, 0.1) is 0 Å². The minimum Gasteiger partial charge on any atom is -0.481 e. The van der Waals surface area contributed by atoms with Crippen LogP contribution in [0.25, 0.3) is 0 Å². The molecule has 0 amide bonds. The predicted molar refractivity (Wildman–Crippen MR) is 98.1 cm³/mol. The lowest BCUT2D eigenvalue weighted by Gasteiger charge is -2.32. The van der Waals surface area contributed by atoms with E-state index in [1.807, 2.05) is 17.8 Å². The van der Waals surface area contributed by atoms with Gasteiger partial charge in [-0.1, -0.05) is 30.3 Å². The molecule has 1 aromatic carbocycles. The van der Waals surface area contributed by atoms with Crippen molar-refractivity contribution in [1.82, 2.24) is 5.32 Å². The quantitative estimate of drug-likeness (QED) is 0.717. The van der Waals surface area contributed by atoms with E-state index in [1.54, 1.807) is 0 Å². The van der Waals surface area contributed by atoms with E-state index in [0.29, 0.717) is 12.5 Å². The van der Waals surface area contributed by atoms with Crippen molar-refractivity contribution in [3.63, 3.8) is 0 Å². The highest BCUT2D eigenvalue weighted by molar-refractivity contribution is 7.98. The van der Waals surface area contributed by atoms with E-state index in [9.17, 15) is 4.79 Å². The Morgan fingerprint density at radius 1 is 1.26 bits per heavy atom. The molecule has 0 heterocycles. The number of carbonyl (C=O) groups is 1. The van der Waals surface area contributed by atoms with Gasteiger partial charge in [-0.05, 0) is 62.0 Å². The van der Waals surface area contributed by atoms with Gasteiger partial charge in [0.15, 0.2) is 0 Å². The summed E-state index contributed by atoms with van der Waals surface area (Å²) in [7, 11) is 0. The summed E-state index contributed by atoms with van der Waals surface area (Å²) in [5.41, 5.74) is 1.28. The second kappa shape index (κ2) is 9.99. The van der Waals surface area contributed by atoms with Gasteiger partial charge in [-0.25, -0.2) is 0 Å². The van der Waals surface area contributed by atoms with Crippen LogP contribution in [0.1, 0.15) is 44.1 Å². The van der Waals surface area contributed by atoms with Gasteiger partial charge in [0.1, 0.15) is 0 Å². The number of benzene rings is 1. The van der Waals surface area contributed by atoms with Crippen LogP contribution in [-0.2, 0) is 11.2 Å². The number of rotatable bonds is 9. The van der Waals surface area contributed by atoms with E-state index in [2.05, 4.69) is 35.8 Å². The third kappa shape index (κ3) is 6.96. The zero-order valence-corrected chi connectivity index (χ0v) is 14.9. The van der Waals surface area contributed by atoms with E-state index in [0.717, 1.165) is 12.3 Å². The molecular formula is C19H29NO2S. The van der Waals surface area contributed by atoms with Gasteiger partial charge in [-0.15, -0.1) is 0 Å². The van der Waals surface area contributed by atoms with Crippen molar-refractivity contribution >= 4 is 17.7 Å². The minimum atomic E-state index is -0.700. The first-order valence-corrected chi connectivity index (χ1v) is 10.1. The molecule has 23 heavy (non-hydrogen) atoms. The molecule has 0 spiro atoms. The highest BCUT2D eigenvalue weighted by atomic mass is 32.2. The lowest BCUT2D eigenvalue weighted by Crippen LogP contribution is -2.42. The number of carboxylic acids is 1. The second-order valence-electron chi connectivity index (χ2n) is 6.66. The molecule has 1 aliphatic carbocycles. The average Bonchev–Trinajstić information content (AvgIpc) is 2.55. The molecule has 0 bridgehead atoms.